The van der Waals surface area contributed by atoms with Gasteiger partial charge in [0.15, 0.2) is 11.4 Å². The van der Waals surface area contributed by atoms with Crippen LogP contribution in [0.3, 0.4) is 0 Å². The van der Waals surface area contributed by atoms with Crippen LogP contribution in [0, 0.1) is 0 Å². The highest BCUT2D eigenvalue weighted by atomic mass is 16.3. The molecule has 0 aliphatic rings. The average Bonchev–Trinajstić information content (AvgIpc) is 2.74. The third kappa shape index (κ3) is 3.77. The van der Waals surface area contributed by atoms with Crippen molar-refractivity contribution in [3.05, 3.63) is 62.7 Å². The topological polar surface area (TPSA) is 137 Å². The van der Waals surface area contributed by atoms with Crippen molar-refractivity contribution in [1.29, 1.82) is 0 Å². The lowest BCUT2D eigenvalue weighted by atomic mass is 10.1. The predicted octanol–water partition coefficient (Wildman–Crippen LogP) is 1.18. The van der Waals surface area contributed by atoms with Crippen LogP contribution in [0.4, 0.5) is 17.1 Å². The van der Waals surface area contributed by atoms with Crippen molar-refractivity contribution in [3.8, 4) is 5.75 Å². The first-order valence-corrected chi connectivity index (χ1v) is 8.87. The van der Waals surface area contributed by atoms with Gasteiger partial charge in [-0.2, -0.15) is 0 Å². The second kappa shape index (κ2) is 8.05. The molecule has 3 N–H and O–H groups in total. The first-order valence-electron chi connectivity index (χ1n) is 8.87. The van der Waals surface area contributed by atoms with Crippen molar-refractivity contribution in [3.63, 3.8) is 0 Å². The molecule has 150 valence electrons. The lowest BCUT2D eigenvalue weighted by Gasteiger charge is -2.21. The van der Waals surface area contributed by atoms with E-state index in [0.29, 0.717) is 12.1 Å². The molecule has 0 saturated carbocycles. The predicted molar refractivity (Wildman–Crippen MR) is 107 cm³/mol. The Morgan fingerprint density at radius 1 is 1.14 bits per heavy atom. The Morgan fingerprint density at radius 3 is 2.48 bits per heavy atom. The standard InChI is InChI=1S/C19H20N6O4/c1-4-10(11-5-7-20-9-22-11)23-13-14(18(28)17(13)27)24-12-6-8-21-15(16(12)26)19(29)25(2)3/h5-10,23,26H,4H2,1-3H3,(H,21,24). The lowest BCUT2D eigenvalue weighted by Crippen LogP contribution is -2.37. The van der Waals surface area contributed by atoms with Crippen LogP contribution in [0.2, 0.25) is 0 Å². The summed E-state index contributed by atoms with van der Waals surface area (Å²) in [6.07, 6.45) is 4.93. The molecule has 0 aliphatic carbocycles. The fourth-order valence-electron chi connectivity index (χ4n) is 2.77. The number of carbonyl (C=O) groups is 1. The van der Waals surface area contributed by atoms with Gasteiger partial charge in [0.05, 0.1) is 17.4 Å². The molecule has 1 atom stereocenters. The van der Waals surface area contributed by atoms with E-state index in [1.54, 1.807) is 12.3 Å². The third-order valence-electron chi connectivity index (χ3n) is 4.39. The monoisotopic (exact) mass is 396 g/mol. The van der Waals surface area contributed by atoms with E-state index in [-0.39, 0.29) is 28.8 Å². The summed E-state index contributed by atoms with van der Waals surface area (Å²) in [6, 6.07) is 2.82. The maximum atomic E-state index is 12.1. The molecule has 2 heterocycles. The minimum Gasteiger partial charge on any atom is -0.504 e. The highest BCUT2D eigenvalue weighted by Crippen LogP contribution is 2.32. The number of amides is 1. The first kappa shape index (κ1) is 19.9. The first-order chi connectivity index (χ1) is 13.8. The fourth-order valence-corrected chi connectivity index (χ4v) is 2.77. The molecule has 0 radical (unpaired) electrons. The second-order valence-electron chi connectivity index (χ2n) is 6.53. The van der Waals surface area contributed by atoms with Crippen LogP contribution in [0.5, 0.6) is 5.75 Å². The number of nitrogens with one attached hydrogen (secondary N) is 2. The van der Waals surface area contributed by atoms with Crippen LogP contribution in [-0.4, -0.2) is 45.0 Å². The summed E-state index contributed by atoms with van der Waals surface area (Å²) in [6.45, 7) is 1.91. The van der Waals surface area contributed by atoms with Gasteiger partial charge in [-0.15, -0.1) is 0 Å². The van der Waals surface area contributed by atoms with Crippen LogP contribution in [0.15, 0.2) is 40.4 Å². The summed E-state index contributed by atoms with van der Waals surface area (Å²) in [5, 5.41) is 16.2. The smallest absolute Gasteiger partial charge is 0.275 e. The van der Waals surface area contributed by atoms with Gasteiger partial charge >= 0.3 is 0 Å². The molecule has 1 aromatic carbocycles. The highest BCUT2D eigenvalue weighted by Gasteiger charge is 2.26. The van der Waals surface area contributed by atoms with E-state index >= 15 is 0 Å². The van der Waals surface area contributed by atoms with Crippen molar-refractivity contribution >= 4 is 23.0 Å². The molecule has 0 bridgehead atoms. The van der Waals surface area contributed by atoms with Crippen molar-refractivity contribution in [2.45, 2.75) is 19.4 Å². The maximum Gasteiger partial charge on any atom is 0.275 e. The van der Waals surface area contributed by atoms with Gasteiger partial charge in [-0.05, 0) is 18.6 Å². The van der Waals surface area contributed by atoms with Crippen molar-refractivity contribution in [2.24, 2.45) is 0 Å². The number of anilines is 3. The molecule has 0 aliphatic heterocycles. The zero-order valence-electron chi connectivity index (χ0n) is 16.1. The summed E-state index contributed by atoms with van der Waals surface area (Å²) >= 11 is 0. The Kier molecular flexibility index (Phi) is 5.53. The summed E-state index contributed by atoms with van der Waals surface area (Å²) in [5.74, 6) is -0.905. The largest absolute Gasteiger partial charge is 0.504 e. The number of nitrogens with zero attached hydrogens (tertiary/aromatic N) is 4. The summed E-state index contributed by atoms with van der Waals surface area (Å²) in [5.41, 5.74) is -0.688. The van der Waals surface area contributed by atoms with E-state index in [1.165, 1.54) is 37.6 Å². The number of aromatic hydroxyl groups is 1. The summed E-state index contributed by atoms with van der Waals surface area (Å²) in [7, 11) is 3.06. The van der Waals surface area contributed by atoms with Crippen molar-refractivity contribution in [1.82, 2.24) is 19.9 Å². The van der Waals surface area contributed by atoms with E-state index in [4.69, 9.17) is 0 Å². The maximum absolute atomic E-state index is 12.1. The van der Waals surface area contributed by atoms with E-state index < -0.39 is 22.5 Å². The summed E-state index contributed by atoms with van der Waals surface area (Å²) < 4.78 is 0. The SMILES string of the molecule is CCC(Nc1c(Nc2ccnc(C(=O)N(C)C)c2O)c(=O)c1=O)c1ccncn1. The second-order valence-corrected chi connectivity index (χ2v) is 6.53. The Hall–Kier alpha value is -3.82. The van der Waals surface area contributed by atoms with Crippen LogP contribution in [-0.2, 0) is 0 Å². The van der Waals surface area contributed by atoms with E-state index in [1.807, 2.05) is 6.92 Å². The van der Waals surface area contributed by atoms with Crippen LogP contribution < -0.4 is 21.5 Å². The Morgan fingerprint density at radius 2 is 1.86 bits per heavy atom. The lowest BCUT2D eigenvalue weighted by molar-refractivity contribution is 0.0819. The average molecular weight is 396 g/mol. The summed E-state index contributed by atoms with van der Waals surface area (Å²) in [4.78, 5) is 49.6. The molecule has 2 aromatic heterocycles. The van der Waals surface area contributed by atoms with Gasteiger partial charge in [0, 0.05) is 26.5 Å². The van der Waals surface area contributed by atoms with Gasteiger partial charge in [0.1, 0.15) is 17.7 Å². The molecule has 0 fully saturated rings. The molecule has 3 aromatic rings. The zero-order chi connectivity index (χ0) is 21.1. The molecule has 10 heteroatoms. The zero-order valence-corrected chi connectivity index (χ0v) is 16.1. The Balaban J connectivity index is 1.90. The molecular formula is C19H20N6O4. The Labute approximate surface area is 166 Å². The van der Waals surface area contributed by atoms with E-state index in [9.17, 15) is 19.5 Å². The van der Waals surface area contributed by atoms with Crippen LogP contribution in [0.25, 0.3) is 0 Å². The van der Waals surface area contributed by atoms with E-state index in [0.717, 1.165) is 0 Å². The van der Waals surface area contributed by atoms with Gasteiger partial charge in [-0.25, -0.2) is 15.0 Å². The molecule has 10 nitrogen and oxygen atoms in total. The number of pyridine rings is 1. The van der Waals surface area contributed by atoms with Crippen LogP contribution >= 0.6 is 0 Å². The van der Waals surface area contributed by atoms with Gasteiger partial charge in [-0.1, -0.05) is 6.92 Å². The minimum atomic E-state index is -0.721. The normalized spacial score (nSPS) is 11.8. The number of hydrogen-bond donors (Lipinski definition) is 3. The Bertz CT molecular complexity index is 1110. The van der Waals surface area contributed by atoms with Crippen LogP contribution in [0.1, 0.15) is 35.6 Å². The van der Waals surface area contributed by atoms with Gasteiger partial charge < -0.3 is 20.6 Å². The quantitative estimate of drug-likeness (QED) is 0.503. The number of aromatic nitrogens is 3. The fraction of sp³-hybridized carbons (Fsp3) is 0.263. The number of rotatable bonds is 7. The minimum absolute atomic E-state index is 0.00672. The van der Waals surface area contributed by atoms with Crippen molar-refractivity contribution < 1.29 is 9.90 Å². The molecule has 0 saturated heterocycles. The molecule has 29 heavy (non-hydrogen) atoms. The number of hydrogen-bond acceptors (Lipinski definition) is 9. The van der Waals surface area contributed by atoms with Gasteiger partial charge in [-0.3, -0.25) is 14.4 Å². The highest BCUT2D eigenvalue weighted by molar-refractivity contribution is 5.97. The number of carbonyl (C=O) groups excluding carboxylic acids is 1. The van der Waals surface area contributed by atoms with Gasteiger partial charge in [0.2, 0.25) is 0 Å². The molecular weight excluding hydrogens is 376 g/mol. The molecule has 3 rings (SSSR count). The van der Waals surface area contributed by atoms with Gasteiger partial charge in [0.25, 0.3) is 16.8 Å². The molecule has 1 amide bonds. The third-order valence-corrected chi connectivity index (χ3v) is 4.39. The van der Waals surface area contributed by atoms with Crippen molar-refractivity contribution in [2.75, 3.05) is 24.7 Å². The molecule has 1 unspecified atom stereocenters. The van der Waals surface area contributed by atoms with E-state index in [2.05, 4.69) is 25.6 Å². The molecule has 0 spiro atoms.